The van der Waals surface area contributed by atoms with Crippen LogP contribution >= 0.6 is 11.3 Å². The van der Waals surface area contributed by atoms with Crippen molar-refractivity contribution in [3.63, 3.8) is 0 Å². The van der Waals surface area contributed by atoms with Crippen LogP contribution in [0.15, 0.2) is 0 Å². The molecule has 1 N–H and O–H groups in total. The molecule has 2 atom stereocenters. The molecule has 0 saturated heterocycles. The Balaban J connectivity index is 1.88. The Morgan fingerprint density at radius 2 is 1.94 bits per heavy atom. The first-order chi connectivity index (χ1) is 7.66. The van der Waals surface area contributed by atoms with Gasteiger partial charge in [-0.2, -0.15) is 0 Å². The van der Waals surface area contributed by atoms with Crippen LogP contribution in [-0.2, 0) is 0 Å². The van der Waals surface area contributed by atoms with Crippen molar-refractivity contribution in [2.45, 2.75) is 58.5 Å². The van der Waals surface area contributed by atoms with Crippen molar-refractivity contribution < 1.29 is 0 Å². The van der Waals surface area contributed by atoms with Crippen molar-refractivity contribution >= 4 is 11.3 Å². The zero-order valence-corrected chi connectivity index (χ0v) is 11.2. The first-order valence-corrected chi connectivity index (χ1v) is 7.04. The van der Waals surface area contributed by atoms with E-state index < -0.39 is 0 Å². The predicted octanol–water partition coefficient (Wildman–Crippen LogP) is 3.08. The van der Waals surface area contributed by atoms with Gasteiger partial charge in [-0.25, -0.2) is 0 Å². The summed E-state index contributed by atoms with van der Waals surface area (Å²) in [5, 5.41) is 14.1. The molecule has 4 heteroatoms. The summed E-state index contributed by atoms with van der Waals surface area (Å²) in [5.41, 5.74) is 0. The van der Waals surface area contributed by atoms with Crippen molar-refractivity contribution in [2.75, 3.05) is 0 Å². The zero-order valence-electron chi connectivity index (χ0n) is 10.4. The van der Waals surface area contributed by atoms with Crippen LogP contribution in [-0.4, -0.2) is 16.2 Å². The van der Waals surface area contributed by atoms with Crippen LogP contribution in [0.25, 0.3) is 0 Å². The molecular weight excluding hydrogens is 218 g/mol. The van der Waals surface area contributed by atoms with Gasteiger partial charge in [-0.3, -0.25) is 0 Å². The Hall–Kier alpha value is -0.480. The van der Waals surface area contributed by atoms with Gasteiger partial charge in [-0.15, -0.1) is 21.5 Å². The Morgan fingerprint density at radius 1 is 1.25 bits per heavy atom. The molecule has 90 valence electrons. The summed E-state index contributed by atoms with van der Waals surface area (Å²) >= 11 is 1.70. The topological polar surface area (TPSA) is 37.8 Å². The second-order valence-electron chi connectivity index (χ2n) is 4.88. The second kappa shape index (κ2) is 5.23. The van der Waals surface area contributed by atoms with Gasteiger partial charge < -0.3 is 5.32 Å². The summed E-state index contributed by atoms with van der Waals surface area (Å²) < 4.78 is 0. The Kier molecular flexibility index (Phi) is 3.92. The third-order valence-corrected chi connectivity index (χ3v) is 4.55. The standard InChI is InChI=1S/C12H21N3S/c1-8(11-6-4-5-7-11)13-9(2)12-15-14-10(3)16-12/h8-9,11,13H,4-7H2,1-3H3. The van der Waals surface area contributed by atoms with E-state index in [0.29, 0.717) is 12.1 Å². The Bertz CT molecular complexity index is 331. The maximum atomic E-state index is 4.20. The molecule has 1 aromatic heterocycles. The average molecular weight is 239 g/mol. The maximum Gasteiger partial charge on any atom is 0.134 e. The maximum absolute atomic E-state index is 4.20. The van der Waals surface area contributed by atoms with Crippen molar-refractivity contribution in [1.82, 2.24) is 15.5 Å². The largest absolute Gasteiger partial charge is 0.305 e. The fraction of sp³-hybridized carbons (Fsp3) is 0.833. The van der Waals surface area contributed by atoms with E-state index in [-0.39, 0.29) is 0 Å². The molecule has 1 heterocycles. The number of aryl methyl sites for hydroxylation is 1. The van der Waals surface area contributed by atoms with E-state index in [0.717, 1.165) is 15.9 Å². The van der Waals surface area contributed by atoms with Crippen LogP contribution in [0.1, 0.15) is 55.6 Å². The van der Waals surface area contributed by atoms with E-state index >= 15 is 0 Å². The van der Waals surface area contributed by atoms with Gasteiger partial charge in [0.25, 0.3) is 0 Å². The molecule has 0 aromatic carbocycles. The lowest BCUT2D eigenvalue weighted by Crippen LogP contribution is -2.34. The number of nitrogens with zero attached hydrogens (tertiary/aromatic N) is 2. The molecule has 2 rings (SSSR count). The lowest BCUT2D eigenvalue weighted by molar-refractivity contribution is 0.351. The van der Waals surface area contributed by atoms with Gasteiger partial charge in [-0.1, -0.05) is 12.8 Å². The average Bonchev–Trinajstić information content (AvgIpc) is 2.87. The van der Waals surface area contributed by atoms with Crippen LogP contribution in [0.4, 0.5) is 0 Å². The lowest BCUT2D eigenvalue weighted by Gasteiger charge is -2.23. The van der Waals surface area contributed by atoms with E-state index in [1.54, 1.807) is 11.3 Å². The first-order valence-electron chi connectivity index (χ1n) is 6.23. The van der Waals surface area contributed by atoms with Crippen LogP contribution in [0.5, 0.6) is 0 Å². The molecule has 0 radical (unpaired) electrons. The van der Waals surface area contributed by atoms with Gasteiger partial charge in [-0.05, 0) is 39.5 Å². The molecule has 0 aliphatic heterocycles. The molecule has 1 aliphatic rings. The molecule has 1 aliphatic carbocycles. The molecule has 1 saturated carbocycles. The lowest BCUT2D eigenvalue weighted by atomic mass is 9.99. The quantitative estimate of drug-likeness (QED) is 0.877. The summed E-state index contributed by atoms with van der Waals surface area (Å²) in [4.78, 5) is 0. The highest BCUT2D eigenvalue weighted by Gasteiger charge is 2.23. The van der Waals surface area contributed by atoms with E-state index in [2.05, 4.69) is 29.4 Å². The highest BCUT2D eigenvalue weighted by molar-refractivity contribution is 7.11. The molecule has 0 bridgehead atoms. The molecule has 0 spiro atoms. The van der Waals surface area contributed by atoms with Crippen LogP contribution in [0.2, 0.25) is 0 Å². The molecule has 0 amide bonds. The summed E-state index contributed by atoms with van der Waals surface area (Å²) in [6.45, 7) is 6.50. The SMILES string of the molecule is Cc1nnc(C(C)NC(C)C2CCCC2)s1. The monoisotopic (exact) mass is 239 g/mol. The zero-order chi connectivity index (χ0) is 11.5. The van der Waals surface area contributed by atoms with Gasteiger partial charge in [0.05, 0.1) is 6.04 Å². The summed E-state index contributed by atoms with van der Waals surface area (Å²) in [6.07, 6.45) is 5.58. The smallest absolute Gasteiger partial charge is 0.134 e. The Labute approximate surface area is 102 Å². The van der Waals surface area contributed by atoms with Crippen LogP contribution < -0.4 is 5.32 Å². The minimum absolute atomic E-state index is 0.335. The fourth-order valence-electron chi connectivity index (χ4n) is 2.55. The van der Waals surface area contributed by atoms with Crippen molar-refractivity contribution in [1.29, 1.82) is 0 Å². The summed E-state index contributed by atoms with van der Waals surface area (Å²) in [5.74, 6) is 0.858. The molecule has 16 heavy (non-hydrogen) atoms. The van der Waals surface area contributed by atoms with Crippen molar-refractivity contribution in [3.05, 3.63) is 10.0 Å². The van der Waals surface area contributed by atoms with Gasteiger partial charge in [0.2, 0.25) is 0 Å². The van der Waals surface area contributed by atoms with Gasteiger partial charge in [0.1, 0.15) is 10.0 Å². The third-order valence-electron chi connectivity index (χ3n) is 3.53. The van der Waals surface area contributed by atoms with Gasteiger partial charge in [0, 0.05) is 6.04 Å². The normalized spacial score (nSPS) is 21.2. The van der Waals surface area contributed by atoms with Crippen LogP contribution in [0, 0.1) is 12.8 Å². The molecular formula is C12H21N3S. The highest BCUT2D eigenvalue weighted by atomic mass is 32.1. The minimum Gasteiger partial charge on any atom is -0.305 e. The van der Waals surface area contributed by atoms with E-state index in [9.17, 15) is 0 Å². The third kappa shape index (κ3) is 2.80. The van der Waals surface area contributed by atoms with Crippen molar-refractivity contribution in [2.24, 2.45) is 5.92 Å². The van der Waals surface area contributed by atoms with E-state index in [1.165, 1.54) is 25.7 Å². The molecule has 1 aromatic rings. The number of rotatable bonds is 4. The summed E-state index contributed by atoms with van der Waals surface area (Å²) in [6, 6.07) is 0.934. The van der Waals surface area contributed by atoms with Crippen LogP contribution in [0.3, 0.4) is 0 Å². The summed E-state index contributed by atoms with van der Waals surface area (Å²) in [7, 11) is 0. The number of nitrogens with one attached hydrogen (secondary N) is 1. The van der Waals surface area contributed by atoms with Crippen molar-refractivity contribution in [3.8, 4) is 0 Å². The number of hydrogen-bond donors (Lipinski definition) is 1. The predicted molar refractivity (Wildman–Crippen MR) is 67.6 cm³/mol. The highest BCUT2D eigenvalue weighted by Crippen LogP contribution is 2.29. The fourth-order valence-corrected chi connectivity index (χ4v) is 3.26. The second-order valence-corrected chi connectivity index (χ2v) is 6.09. The van der Waals surface area contributed by atoms with E-state index in [1.807, 2.05) is 6.92 Å². The molecule has 2 unspecified atom stereocenters. The molecule has 3 nitrogen and oxygen atoms in total. The minimum atomic E-state index is 0.335. The molecule has 1 fully saturated rings. The number of hydrogen-bond acceptors (Lipinski definition) is 4. The van der Waals surface area contributed by atoms with Gasteiger partial charge >= 0.3 is 0 Å². The van der Waals surface area contributed by atoms with E-state index in [4.69, 9.17) is 0 Å². The Morgan fingerprint density at radius 3 is 2.50 bits per heavy atom. The first kappa shape index (κ1) is 12.0. The van der Waals surface area contributed by atoms with Gasteiger partial charge in [0.15, 0.2) is 0 Å². The number of aromatic nitrogens is 2.